The summed E-state index contributed by atoms with van der Waals surface area (Å²) in [4.78, 5) is 29.4. The topological polar surface area (TPSA) is 97.5 Å². The van der Waals surface area contributed by atoms with E-state index in [1.807, 2.05) is 24.2 Å². The number of urea groups is 1. The van der Waals surface area contributed by atoms with Crippen molar-refractivity contribution in [1.29, 1.82) is 0 Å². The number of rotatable bonds is 3. The van der Waals surface area contributed by atoms with Crippen LogP contribution in [0.1, 0.15) is 41.3 Å². The van der Waals surface area contributed by atoms with Gasteiger partial charge in [-0.1, -0.05) is 18.2 Å². The Morgan fingerprint density at radius 3 is 2.75 bits per heavy atom. The summed E-state index contributed by atoms with van der Waals surface area (Å²) in [7, 11) is 3.52. The Balaban J connectivity index is 1.42. The Morgan fingerprint density at radius 1 is 1.17 bits per heavy atom. The molecule has 1 aromatic carbocycles. The monoisotopic (exact) mass is 489 g/mol. The lowest BCUT2D eigenvalue weighted by atomic mass is 9.90. The zero-order valence-corrected chi connectivity index (χ0v) is 20.7. The van der Waals surface area contributed by atoms with Gasteiger partial charge in [-0.25, -0.2) is 4.79 Å². The number of benzene rings is 1. The van der Waals surface area contributed by atoms with Crippen LogP contribution in [-0.4, -0.2) is 63.2 Å². The predicted molar refractivity (Wildman–Crippen MR) is 133 cm³/mol. The SMILES string of the molecule is CNC(=O)N1CCc2c(c(-c3cccc4c3CC(=O)N(c3cnn(C)c3)C4)nn2C2CCOCC2)C1. The van der Waals surface area contributed by atoms with Crippen LogP contribution < -0.4 is 10.2 Å². The van der Waals surface area contributed by atoms with Gasteiger partial charge in [0.25, 0.3) is 0 Å². The van der Waals surface area contributed by atoms with Crippen LogP contribution in [0.15, 0.2) is 30.6 Å². The van der Waals surface area contributed by atoms with Crippen molar-refractivity contribution >= 4 is 17.6 Å². The molecule has 10 nitrogen and oxygen atoms in total. The smallest absolute Gasteiger partial charge is 0.317 e. The van der Waals surface area contributed by atoms with Gasteiger partial charge in [-0.05, 0) is 24.0 Å². The number of carbonyl (C=O) groups is 2. The lowest BCUT2D eigenvalue weighted by molar-refractivity contribution is -0.118. The highest BCUT2D eigenvalue weighted by Gasteiger charge is 2.33. The van der Waals surface area contributed by atoms with Crippen LogP contribution in [0.3, 0.4) is 0 Å². The number of hydrogen-bond acceptors (Lipinski definition) is 5. The Hall–Kier alpha value is -3.66. The molecule has 3 aliphatic rings. The summed E-state index contributed by atoms with van der Waals surface area (Å²) in [5.74, 6) is 0.0488. The summed E-state index contributed by atoms with van der Waals surface area (Å²) < 4.78 is 9.51. The first-order valence-electron chi connectivity index (χ1n) is 12.6. The molecule has 10 heteroatoms. The van der Waals surface area contributed by atoms with Crippen LogP contribution >= 0.6 is 0 Å². The molecule has 0 unspecified atom stereocenters. The number of ether oxygens (including phenoxy) is 1. The van der Waals surface area contributed by atoms with E-state index in [2.05, 4.69) is 27.2 Å². The Morgan fingerprint density at radius 2 is 2.00 bits per heavy atom. The molecule has 2 aromatic heterocycles. The van der Waals surface area contributed by atoms with Gasteiger partial charge in [0.2, 0.25) is 5.91 Å². The van der Waals surface area contributed by atoms with Crippen molar-refractivity contribution in [3.63, 3.8) is 0 Å². The van der Waals surface area contributed by atoms with Gasteiger partial charge in [0, 0.05) is 63.3 Å². The first kappa shape index (κ1) is 22.8. The van der Waals surface area contributed by atoms with Crippen molar-refractivity contribution < 1.29 is 14.3 Å². The fourth-order valence-electron chi connectivity index (χ4n) is 5.73. The van der Waals surface area contributed by atoms with E-state index in [9.17, 15) is 9.59 Å². The number of anilines is 1. The number of amides is 3. The second kappa shape index (κ2) is 9.09. The minimum Gasteiger partial charge on any atom is -0.381 e. The molecule has 6 rings (SSSR count). The summed E-state index contributed by atoms with van der Waals surface area (Å²) in [5.41, 5.74) is 7.13. The average Bonchev–Trinajstić information content (AvgIpc) is 3.51. The molecule has 0 atom stereocenters. The normalized spacial score (nSPS) is 18.2. The van der Waals surface area contributed by atoms with E-state index in [4.69, 9.17) is 9.84 Å². The van der Waals surface area contributed by atoms with Crippen molar-refractivity contribution in [3.05, 3.63) is 53.0 Å². The Bertz CT molecular complexity index is 1320. The van der Waals surface area contributed by atoms with E-state index < -0.39 is 0 Å². The molecule has 0 spiro atoms. The summed E-state index contributed by atoms with van der Waals surface area (Å²) in [6.07, 6.45) is 6.52. The highest BCUT2D eigenvalue weighted by molar-refractivity contribution is 5.97. The van der Waals surface area contributed by atoms with Crippen molar-refractivity contribution in [3.8, 4) is 11.3 Å². The molecule has 0 bridgehead atoms. The summed E-state index contributed by atoms with van der Waals surface area (Å²) >= 11 is 0. The third-order valence-electron chi connectivity index (χ3n) is 7.61. The van der Waals surface area contributed by atoms with Gasteiger partial charge in [-0.3, -0.25) is 14.2 Å². The van der Waals surface area contributed by atoms with Crippen LogP contribution in [0, 0.1) is 0 Å². The molecule has 3 aromatic rings. The zero-order chi connectivity index (χ0) is 24.8. The minimum atomic E-state index is -0.0807. The predicted octanol–water partition coefficient (Wildman–Crippen LogP) is 2.42. The molecule has 0 radical (unpaired) electrons. The van der Waals surface area contributed by atoms with Crippen LogP contribution in [0.4, 0.5) is 10.5 Å². The minimum absolute atomic E-state index is 0.0488. The number of hydrogen-bond donors (Lipinski definition) is 1. The molecule has 188 valence electrons. The number of aromatic nitrogens is 4. The van der Waals surface area contributed by atoms with Crippen LogP contribution in [0.5, 0.6) is 0 Å². The number of nitrogens with one attached hydrogen (secondary N) is 1. The first-order chi connectivity index (χ1) is 17.5. The summed E-state index contributed by atoms with van der Waals surface area (Å²) in [6.45, 7) is 3.14. The quantitative estimate of drug-likeness (QED) is 0.610. The van der Waals surface area contributed by atoms with E-state index in [1.54, 1.807) is 22.8 Å². The summed E-state index contributed by atoms with van der Waals surface area (Å²) in [5, 5.41) is 12.2. The third-order valence-corrected chi connectivity index (χ3v) is 7.61. The second-order valence-corrected chi connectivity index (χ2v) is 9.76. The molecule has 5 heterocycles. The van der Waals surface area contributed by atoms with Gasteiger partial charge in [0.1, 0.15) is 0 Å². The van der Waals surface area contributed by atoms with Gasteiger partial charge in [-0.2, -0.15) is 10.2 Å². The number of fused-ring (bicyclic) bond motifs is 2. The zero-order valence-electron chi connectivity index (χ0n) is 20.7. The largest absolute Gasteiger partial charge is 0.381 e. The molecule has 1 fully saturated rings. The second-order valence-electron chi connectivity index (χ2n) is 9.76. The Labute approximate surface area is 209 Å². The summed E-state index contributed by atoms with van der Waals surface area (Å²) in [6, 6.07) is 6.41. The molecule has 1 saturated heterocycles. The lowest BCUT2D eigenvalue weighted by Crippen LogP contribution is -2.41. The highest BCUT2D eigenvalue weighted by atomic mass is 16.5. The van der Waals surface area contributed by atoms with Crippen molar-refractivity contribution in [1.82, 2.24) is 29.8 Å². The molecule has 3 amide bonds. The number of carbonyl (C=O) groups excluding carboxylic acids is 2. The molecular formula is C26H31N7O3. The van der Waals surface area contributed by atoms with E-state index in [1.165, 1.54) is 5.69 Å². The van der Waals surface area contributed by atoms with Gasteiger partial charge in [0.05, 0.1) is 43.1 Å². The van der Waals surface area contributed by atoms with E-state index in [0.717, 1.165) is 66.1 Å². The maximum Gasteiger partial charge on any atom is 0.317 e. The molecule has 36 heavy (non-hydrogen) atoms. The van der Waals surface area contributed by atoms with Crippen molar-refractivity contribution in [2.75, 3.05) is 31.7 Å². The van der Waals surface area contributed by atoms with E-state index >= 15 is 0 Å². The first-order valence-corrected chi connectivity index (χ1v) is 12.6. The van der Waals surface area contributed by atoms with Gasteiger partial charge in [0.15, 0.2) is 0 Å². The van der Waals surface area contributed by atoms with Gasteiger partial charge in [-0.15, -0.1) is 0 Å². The lowest BCUT2D eigenvalue weighted by Gasteiger charge is -2.30. The van der Waals surface area contributed by atoms with Crippen LogP contribution in [0.25, 0.3) is 11.3 Å². The highest BCUT2D eigenvalue weighted by Crippen LogP contribution is 2.38. The molecule has 0 saturated carbocycles. The number of aryl methyl sites for hydroxylation is 1. The van der Waals surface area contributed by atoms with Gasteiger partial charge >= 0.3 is 6.03 Å². The molecule has 1 N–H and O–H groups in total. The van der Waals surface area contributed by atoms with Crippen molar-refractivity contribution in [2.24, 2.45) is 7.05 Å². The maximum absolute atomic E-state index is 13.3. The molecular weight excluding hydrogens is 458 g/mol. The fourth-order valence-corrected chi connectivity index (χ4v) is 5.73. The fraction of sp³-hybridized carbons (Fsp3) is 0.462. The molecule has 0 aliphatic carbocycles. The van der Waals surface area contributed by atoms with Crippen LogP contribution in [-0.2, 0) is 42.5 Å². The molecule has 3 aliphatic heterocycles. The Kier molecular flexibility index (Phi) is 5.75. The van der Waals surface area contributed by atoms with E-state index in [0.29, 0.717) is 26.1 Å². The standard InChI is InChI=1S/C26H31N7O3/c1-27-26(35)31-9-6-23-22(16-31)25(29-33(23)18-7-10-36-11-8-18)20-5-3-4-17-14-32(24(34)12-21(17)20)19-13-28-30(2)15-19/h3-5,13,15,18H,6-12,14,16H2,1-2H3,(H,27,35). The number of nitrogens with zero attached hydrogens (tertiary/aromatic N) is 6. The maximum atomic E-state index is 13.3. The average molecular weight is 490 g/mol. The van der Waals surface area contributed by atoms with E-state index in [-0.39, 0.29) is 18.0 Å². The van der Waals surface area contributed by atoms with Crippen molar-refractivity contribution in [2.45, 2.75) is 44.8 Å². The van der Waals surface area contributed by atoms with Crippen LogP contribution in [0.2, 0.25) is 0 Å². The van der Waals surface area contributed by atoms with Gasteiger partial charge < -0.3 is 19.9 Å². The third kappa shape index (κ3) is 3.85.